The third-order valence-corrected chi connectivity index (χ3v) is 7.24. The van der Waals surface area contributed by atoms with E-state index in [4.69, 9.17) is 0 Å². The van der Waals surface area contributed by atoms with Gasteiger partial charge in [-0.3, -0.25) is 9.10 Å². The first kappa shape index (κ1) is 21.1. The quantitative estimate of drug-likeness (QED) is 0.496. The summed E-state index contributed by atoms with van der Waals surface area (Å²) in [4.78, 5) is 13.1. The first-order chi connectivity index (χ1) is 14.9. The van der Waals surface area contributed by atoms with Crippen LogP contribution in [-0.2, 0) is 14.8 Å². The van der Waals surface area contributed by atoms with Crippen LogP contribution in [0.5, 0.6) is 0 Å². The molecule has 1 aliphatic heterocycles. The Morgan fingerprint density at radius 3 is 2.29 bits per heavy atom. The highest BCUT2D eigenvalue weighted by Crippen LogP contribution is 2.42. The highest BCUT2D eigenvalue weighted by atomic mass is 79.9. The van der Waals surface area contributed by atoms with Crippen molar-refractivity contribution in [1.82, 2.24) is 0 Å². The van der Waals surface area contributed by atoms with E-state index in [9.17, 15) is 13.2 Å². The Kier molecular flexibility index (Phi) is 5.80. The normalized spacial score (nSPS) is 14.7. The Labute approximate surface area is 189 Å². The molecule has 0 radical (unpaired) electrons. The minimum absolute atomic E-state index is 0.0521. The molecule has 5 nitrogen and oxygen atoms in total. The monoisotopic (exact) mass is 494 g/mol. The van der Waals surface area contributed by atoms with Gasteiger partial charge in [0.1, 0.15) is 0 Å². The van der Waals surface area contributed by atoms with Crippen LogP contribution in [0.3, 0.4) is 0 Å². The summed E-state index contributed by atoms with van der Waals surface area (Å²) in [6.07, 6.45) is 1.51. The van der Waals surface area contributed by atoms with Crippen molar-refractivity contribution < 1.29 is 13.2 Å². The van der Waals surface area contributed by atoms with E-state index in [1.807, 2.05) is 30.3 Å². The molecule has 0 aliphatic carbocycles. The predicted octanol–water partition coefficient (Wildman–Crippen LogP) is 5.18. The van der Waals surface area contributed by atoms with Crippen molar-refractivity contribution in [1.29, 1.82) is 0 Å². The number of sulfonamides is 1. The van der Waals surface area contributed by atoms with Crippen LogP contribution in [0.1, 0.15) is 11.1 Å². The molecule has 1 amide bonds. The van der Waals surface area contributed by atoms with E-state index in [0.29, 0.717) is 28.1 Å². The molecule has 0 saturated carbocycles. The van der Waals surface area contributed by atoms with Crippen molar-refractivity contribution in [2.24, 2.45) is 0 Å². The van der Waals surface area contributed by atoms with E-state index in [-0.39, 0.29) is 11.4 Å². The Morgan fingerprint density at radius 1 is 0.968 bits per heavy atom. The molecule has 7 heteroatoms. The molecule has 0 spiro atoms. The molecule has 0 aromatic heterocycles. The smallest absolute Gasteiger partial charge is 0.270 e. The molecule has 3 aromatic rings. The van der Waals surface area contributed by atoms with Crippen molar-refractivity contribution in [2.75, 3.05) is 16.2 Å². The first-order valence-corrected chi connectivity index (χ1v) is 11.8. The molecule has 0 atom stereocenters. The van der Waals surface area contributed by atoms with Gasteiger partial charge in [0, 0.05) is 21.3 Å². The van der Waals surface area contributed by atoms with Gasteiger partial charge in [-0.15, -0.1) is 6.58 Å². The fourth-order valence-corrected chi connectivity index (χ4v) is 5.53. The average molecular weight is 495 g/mol. The summed E-state index contributed by atoms with van der Waals surface area (Å²) in [6.45, 7) is 3.74. The minimum Gasteiger partial charge on any atom is -0.321 e. The first-order valence-electron chi connectivity index (χ1n) is 9.53. The van der Waals surface area contributed by atoms with Gasteiger partial charge in [0.05, 0.1) is 12.2 Å². The van der Waals surface area contributed by atoms with Gasteiger partial charge >= 0.3 is 0 Å². The fraction of sp³-hybridized carbons (Fsp3) is 0.0417. The van der Waals surface area contributed by atoms with Gasteiger partial charge in [-0.25, -0.2) is 8.42 Å². The SMILES string of the molecule is C=CCN1c2ccccc2C(c2ccccc2)=C(C(=O)Nc2ccc(Br)cc2)S1(=O)=O. The second-order valence-electron chi connectivity index (χ2n) is 6.87. The summed E-state index contributed by atoms with van der Waals surface area (Å²) in [5.41, 5.74) is 2.72. The van der Waals surface area contributed by atoms with Gasteiger partial charge in [0.2, 0.25) is 0 Å². The van der Waals surface area contributed by atoms with Crippen LogP contribution < -0.4 is 9.62 Å². The molecule has 0 saturated heterocycles. The predicted molar refractivity (Wildman–Crippen MR) is 128 cm³/mol. The number of hydrogen-bond donors (Lipinski definition) is 1. The number of nitrogens with one attached hydrogen (secondary N) is 1. The fourth-order valence-electron chi connectivity index (χ4n) is 3.55. The second-order valence-corrected chi connectivity index (χ2v) is 9.59. The number of para-hydroxylation sites is 1. The van der Waals surface area contributed by atoms with Crippen LogP contribution in [0.25, 0.3) is 5.57 Å². The third-order valence-electron chi connectivity index (χ3n) is 4.88. The van der Waals surface area contributed by atoms with E-state index in [2.05, 4.69) is 27.8 Å². The third kappa shape index (κ3) is 3.94. The van der Waals surface area contributed by atoms with Crippen molar-refractivity contribution >= 4 is 48.8 Å². The number of benzene rings is 3. The van der Waals surface area contributed by atoms with Gasteiger partial charge in [-0.05, 0) is 35.9 Å². The Balaban J connectivity index is 1.97. The largest absolute Gasteiger partial charge is 0.321 e. The van der Waals surface area contributed by atoms with Crippen LogP contribution in [0, 0.1) is 0 Å². The number of amides is 1. The van der Waals surface area contributed by atoms with Gasteiger partial charge < -0.3 is 5.32 Å². The molecule has 156 valence electrons. The van der Waals surface area contributed by atoms with Crippen molar-refractivity contribution in [3.05, 3.63) is 112 Å². The summed E-state index contributed by atoms with van der Waals surface area (Å²) in [7, 11) is -4.14. The lowest BCUT2D eigenvalue weighted by Gasteiger charge is -2.32. The van der Waals surface area contributed by atoms with E-state index in [1.54, 1.807) is 48.5 Å². The maximum Gasteiger partial charge on any atom is 0.270 e. The number of anilines is 2. The molecule has 0 unspecified atom stereocenters. The molecular weight excluding hydrogens is 476 g/mol. The van der Waals surface area contributed by atoms with E-state index < -0.39 is 15.9 Å². The maximum absolute atomic E-state index is 13.7. The zero-order valence-corrected chi connectivity index (χ0v) is 18.9. The molecule has 4 rings (SSSR count). The van der Waals surface area contributed by atoms with Crippen LogP contribution in [-0.4, -0.2) is 20.9 Å². The van der Waals surface area contributed by atoms with E-state index in [0.717, 1.165) is 4.47 Å². The van der Waals surface area contributed by atoms with Crippen LogP contribution in [0.15, 0.2) is 101 Å². The number of carbonyl (C=O) groups excluding carboxylic acids is 1. The van der Waals surface area contributed by atoms with Gasteiger partial charge in [-0.2, -0.15) is 0 Å². The lowest BCUT2D eigenvalue weighted by molar-refractivity contribution is -0.112. The Hall–Kier alpha value is -3.16. The molecule has 3 aromatic carbocycles. The minimum atomic E-state index is -4.14. The molecule has 1 N–H and O–H groups in total. The zero-order chi connectivity index (χ0) is 22.0. The van der Waals surface area contributed by atoms with E-state index >= 15 is 0 Å². The lowest BCUT2D eigenvalue weighted by atomic mass is 9.95. The van der Waals surface area contributed by atoms with Crippen LogP contribution in [0.2, 0.25) is 0 Å². The summed E-state index contributed by atoms with van der Waals surface area (Å²) in [5, 5.41) is 2.74. The van der Waals surface area contributed by atoms with Crippen molar-refractivity contribution in [3.63, 3.8) is 0 Å². The molecule has 31 heavy (non-hydrogen) atoms. The summed E-state index contributed by atoms with van der Waals surface area (Å²) < 4.78 is 29.4. The van der Waals surface area contributed by atoms with Crippen LogP contribution >= 0.6 is 15.9 Å². The zero-order valence-electron chi connectivity index (χ0n) is 16.5. The van der Waals surface area contributed by atoms with E-state index in [1.165, 1.54) is 10.4 Å². The highest BCUT2D eigenvalue weighted by Gasteiger charge is 2.40. The molecule has 1 aliphatic rings. The summed E-state index contributed by atoms with van der Waals surface area (Å²) in [6, 6.07) is 23.2. The van der Waals surface area contributed by atoms with Crippen molar-refractivity contribution in [3.8, 4) is 0 Å². The van der Waals surface area contributed by atoms with Gasteiger partial charge in [0.25, 0.3) is 15.9 Å². The number of fused-ring (bicyclic) bond motifs is 1. The van der Waals surface area contributed by atoms with Gasteiger partial charge in [-0.1, -0.05) is 70.5 Å². The highest BCUT2D eigenvalue weighted by molar-refractivity contribution is 9.10. The number of halogens is 1. The molecule has 0 bridgehead atoms. The number of nitrogens with zero attached hydrogens (tertiary/aromatic N) is 1. The Bertz CT molecular complexity index is 1280. The second kappa shape index (κ2) is 8.53. The molecule has 1 heterocycles. The number of hydrogen-bond acceptors (Lipinski definition) is 3. The lowest BCUT2D eigenvalue weighted by Crippen LogP contribution is -2.39. The maximum atomic E-state index is 13.7. The number of carbonyl (C=O) groups is 1. The van der Waals surface area contributed by atoms with Gasteiger partial charge in [0.15, 0.2) is 4.91 Å². The Morgan fingerprint density at radius 2 is 1.61 bits per heavy atom. The summed E-state index contributed by atoms with van der Waals surface area (Å²) >= 11 is 3.36. The number of rotatable bonds is 5. The standard InChI is InChI=1S/C24H19BrN2O3S/c1-2-16-27-21-11-7-6-10-20(21)22(17-8-4-3-5-9-17)23(31(27,29)30)24(28)26-19-14-12-18(25)13-15-19/h2-15H,1,16H2,(H,26,28). The molecular formula is C24H19BrN2O3S. The van der Waals surface area contributed by atoms with Crippen LogP contribution in [0.4, 0.5) is 11.4 Å². The average Bonchev–Trinajstić information content (AvgIpc) is 2.77. The summed E-state index contributed by atoms with van der Waals surface area (Å²) in [5.74, 6) is -0.690. The topological polar surface area (TPSA) is 66.5 Å². The molecule has 0 fully saturated rings. The van der Waals surface area contributed by atoms with Crippen molar-refractivity contribution in [2.45, 2.75) is 0 Å².